The van der Waals surface area contributed by atoms with E-state index in [1.807, 2.05) is 0 Å². The molecule has 8 heteroatoms. The van der Waals surface area contributed by atoms with Gasteiger partial charge in [0.05, 0.1) is 5.56 Å². The molecule has 1 saturated heterocycles. The number of hydrogen-bond donors (Lipinski definition) is 2. The molecule has 3 amide bonds. The summed E-state index contributed by atoms with van der Waals surface area (Å²) in [6.07, 6.45) is 1.47. The van der Waals surface area contributed by atoms with Gasteiger partial charge in [-0.25, -0.2) is 4.79 Å². The Balaban J connectivity index is 1.48. The number of carbonyl (C=O) groups excluding carboxylic acids is 4. The number of anilines is 2. The predicted octanol–water partition coefficient (Wildman–Crippen LogP) is 2.56. The van der Waals surface area contributed by atoms with Crippen molar-refractivity contribution in [1.29, 1.82) is 0 Å². The zero-order chi connectivity index (χ0) is 21.5. The average molecular weight is 409 g/mol. The number of carbonyl (C=O) groups is 4. The lowest BCUT2D eigenvalue weighted by Crippen LogP contribution is -2.23. The van der Waals surface area contributed by atoms with Crippen LogP contribution in [0, 0.1) is 0 Å². The van der Waals surface area contributed by atoms with E-state index in [0.29, 0.717) is 29.9 Å². The summed E-state index contributed by atoms with van der Waals surface area (Å²) in [7, 11) is 0. The normalized spacial score (nSPS) is 13.1. The van der Waals surface area contributed by atoms with Gasteiger partial charge in [-0.05, 0) is 42.3 Å². The van der Waals surface area contributed by atoms with E-state index < -0.39 is 18.5 Å². The first-order valence-corrected chi connectivity index (χ1v) is 9.62. The first kappa shape index (κ1) is 21.0. The van der Waals surface area contributed by atoms with Gasteiger partial charge in [-0.1, -0.05) is 18.2 Å². The van der Waals surface area contributed by atoms with Gasteiger partial charge in [0.1, 0.15) is 0 Å². The number of esters is 1. The first-order chi connectivity index (χ1) is 14.4. The van der Waals surface area contributed by atoms with E-state index in [-0.39, 0.29) is 11.8 Å². The Hall–Kier alpha value is -3.68. The van der Waals surface area contributed by atoms with Crippen molar-refractivity contribution in [2.45, 2.75) is 26.3 Å². The minimum atomic E-state index is -0.610. The van der Waals surface area contributed by atoms with Gasteiger partial charge in [0.25, 0.3) is 5.91 Å². The molecule has 0 unspecified atom stereocenters. The Morgan fingerprint density at radius 2 is 1.73 bits per heavy atom. The minimum Gasteiger partial charge on any atom is -0.452 e. The second-order valence-electron chi connectivity index (χ2n) is 7.00. The molecule has 2 aromatic carbocycles. The SMILES string of the molecule is CC(=O)Nc1cccc(NC(=O)COC(=O)c2ccc(CN3CCCC3=O)cc2)c1. The van der Waals surface area contributed by atoms with Crippen LogP contribution in [0.5, 0.6) is 0 Å². The minimum absolute atomic E-state index is 0.145. The molecule has 0 radical (unpaired) electrons. The molecule has 1 aliphatic rings. The summed E-state index contributed by atoms with van der Waals surface area (Å²) in [4.78, 5) is 48.8. The van der Waals surface area contributed by atoms with Gasteiger partial charge in [0, 0.05) is 37.8 Å². The van der Waals surface area contributed by atoms with Crippen molar-refractivity contribution in [3.05, 3.63) is 59.7 Å². The van der Waals surface area contributed by atoms with Gasteiger partial charge in [-0.3, -0.25) is 14.4 Å². The van der Waals surface area contributed by atoms with Gasteiger partial charge in [-0.15, -0.1) is 0 Å². The Kier molecular flexibility index (Phi) is 6.79. The van der Waals surface area contributed by atoms with E-state index in [9.17, 15) is 19.2 Å². The molecule has 0 aliphatic carbocycles. The molecule has 156 valence electrons. The second-order valence-corrected chi connectivity index (χ2v) is 7.00. The third-order valence-corrected chi connectivity index (χ3v) is 4.54. The zero-order valence-electron chi connectivity index (χ0n) is 16.6. The quantitative estimate of drug-likeness (QED) is 0.684. The lowest BCUT2D eigenvalue weighted by Gasteiger charge is -2.15. The van der Waals surface area contributed by atoms with Crippen LogP contribution in [0.15, 0.2) is 48.5 Å². The molecule has 2 N–H and O–H groups in total. The van der Waals surface area contributed by atoms with Gasteiger partial charge in [-0.2, -0.15) is 0 Å². The van der Waals surface area contributed by atoms with Crippen molar-refractivity contribution in [3.63, 3.8) is 0 Å². The fourth-order valence-electron chi connectivity index (χ4n) is 3.13. The van der Waals surface area contributed by atoms with Crippen molar-refractivity contribution < 1.29 is 23.9 Å². The molecule has 2 aromatic rings. The lowest BCUT2D eigenvalue weighted by atomic mass is 10.1. The van der Waals surface area contributed by atoms with Crippen LogP contribution < -0.4 is 10.6 Å². The van der Waals surface area contributed by atoms with E-state index in [2.05, 4.69) is 10.6 Å². The van der Waals surface area contributed by atoms with Gasteiger partial charge in [0.15, 0.2) is 6.61 Å². The highest BCUT2D eigenvalue weighted by Gasteiger charge is 2.20. The lowest BCUT2D eigenvalue weighted by molar-refractivity contribution is -0.128. The summed E-state index contributed by atoms with van der Waals surface area (Å²) in [6, 6.07) is 13.4. The van der Waals surface area contributed by atoms with Gasteiger partial charge < -0.3 is 20.3 Å². The van der Waals surface area contributed by atoms with Crippen LogP contribution >= 0.6 is 0 Å². The maximum atomic E-state index is 12.2. The summed E-state index contributed by atoms with van der Waals surface area (Å²) >= 11 is 0. The van der Waals surface area contributed by atoms with E-state index in [4.69, 9.17) is 4.74 Å². The summed E-state index contributed by atoms with van der Waals surface area (Å²) < 4.78 is 5.06. The number of nitrogens with one attached hydrogen (secondary N) is 2. The molecule has 1 aliphatic heterocycles. The highest BCUT2D eigenvalue weighted by Crippen LogP contribution is 2.16. The van der Waals surface area contributed by atoms with Gasteiger partial charge >= 0.3 is 5.97 Å². The third kappa shape index (κ3) is 5.91. The Morgan fingerprint density at radius 3 is 2.37 bits per heavy atom. The van der Waals surface area contributed by atoms with Crippen molar-refractivity contribution in [2.24, 2.45) is 0 Å². The van der Waals surface area contributed by atoms with Crippen LogP contribution in [0.4, 0.5) is 11.4 Å². The number of rotatable bonds is 7. The summed E-state index contributed by atoms with van der Waals surface area (Å²) in [6.45, 7) is 2.23. The third-order valence-electron chi connectivity index (χ3n) is 4.54. The largest absolute Gasteiger partial charge is 0.452 e. The Labute approximate surface area is 174 Å². The van der Waals surface area contributed by atoms with Crippen LogP contribution in [0.1, 0.15) is 35.7 Å². The molecule has 8 nitrogen and oxygen atoms in total. The zero-order valence-corrected chi connectivity index (χ0v) is 16.6. The molecule has 0 atom stereocenters. The molecule has 0 bridgehead atoms. The highest BCUT2D eigenvalue weighted by molar-refractivity contribution is 5.96. The number of likely N-dealkylation sites (tertiary alicyclic amines) is 1. The van der Waals surface area contributed by atoms with Crippen molar-refractivity contribution in [3.8, 4) is 0 Å². The fourth-order valence-corrected chi connectivity index (χ4v) is 3.13. The first-order valence-electron chi connectivity index (χ1n) is 9.62. The molecular formula is C22H23N3O5. The molecule has 1 heterocycles. The van der Waals surface area contributed by atoms with Crippen LogP contribution in [0.3, 0.4) is 0 Å². The summed E-state index contributed by atoms with van der Waals surface area (Å²) in [5.41, 5.74) is 2.28. The number of ether oxygens (including phenoxy) is 1. The molecule has 3 rings (SSSR count). The number of benzene rings is 2. The molecule has 0 aromatic heterocycles. The predicted molar refractivity (Wildman–Crippen MR) is 111 cm³/mol. The second kappa shape index (κ2) is 9.69. The Bertz CT molecular complexity index is 956. The summed E-state index contributed by atoms with van der Waals surface area (Å²) in [5.74, 6) is -1.17. The fraction of sp³-hybridized carbons (Fsp3) is 0.273. The maximum absolute atomic E-state index is 12.2. The Morgan fingerprint density at radius 1 is 1.03 bits per heavy atom. The highest BCUT2D eigenvalue weighted by atomic mass is 16.5. The summed E-state index contributed by atoms with van der Waals surface area (Å²) in [5, 5.41) is 5.23. The van der Waals surface area contributed by atoms with Crippen LogP contribution in [0.2, 0.25) is 0 Å². The molecular weight excluding hydrogens is 386 g/mol. The van der Waals surface area contributed by atoms with Crippen LogP contribution in [0.25, 0.3) is 0 Å². The van der Waals surface area contributed by atoms with E-state index in [1.165, 1.54) is 6.92 Å². The van der Waals surface area contributed by atoms with Crippen LogP contribution in [-0.2, 0) is 25.7 Å². The van der Waals surface area contributed by atoms with Crippen molar-refractivity contribution in [2.75, 3.05) is 23.8 Å². The molecule has 1 fully saturated rings. The standard InChI is InChI=1S/C22H23N3O5/c1-15(26)23-18-4-2-5-19(12-18)24-20(27)14-30-22(29)17-9-7-16(8-10-17)13-25-11-3-6-21(25)28/h2,4-5,7-10,12H,3,6,11,13-14H2,1H3,(H,23,26)(H,24,27). The monoisotopic (exact) mass is 409 g/mol. The van der Waals surface area contributed by atoms with E-state index >= 15 is 0 Å². The number of amides is 3. The van der Waals surface area contributed by atoms with Crippen molar-refractivity contribution >= 4 is 35.1 Å². The smallest absolute Gasteiger partial charge is 0.338 e. The number of hydrogen-bond acceptors (Lipinski definition) is 5. The average Bonchev–Trinajstić information content (AvgIpc) is 3.11. The molecule has 30 heavy (non-hydrogen) atoms. The number of nitrogens with zero attached hydrogens (tertiary/aromatic N) is 1. The topological polar surface area (TPSA) is 105 Å². The van der Waals surface area contributed by atoms with E-state index in [0.717, 1.165) is 18.5 Å². The van der Waals surface area contributed by atoms with Gasteiger partial charge in [0.2, 0.25) is 11.8 Å². The van der Waals surface area contributed by atoms with Crippen LogP contribution in [-0.4, -0.2) is 41.7 Å². The molecule has 0 spiro atoms. The van der Waals surface area contributed by atoms with Crippen molar-refractivity contribution in [1.82, 2.24) is 4.90 Å². The van der Waals surface area contributed by atoms with E-state index in [1.54, 1.807) is 53.4 Å². The molecule has 0 saturated carbocycles. The maximum Gasteiger partial charge on any atom is 0.338 e.